The molecule has 0 aromatic heterocycles. The van der Waals surface area contributed by atoms with Gasteiger partial charge in [0.05, 0.1) is 12.6 Å². The van der Waals surface area contributed by atoms with Gasteiger partial charge in [-0.25, -0.2) is 0 Å². The molecule has 0 radical (unpaired) electrons. The quantitative estimate of drug-likeness (QED) is 0.737. The number of nitrogens with one attached hydrogen (secondary N) is 2. The predicted octanol–water partition coefficient (Wildman–Crippen LogP) is 0.840. The van der Waals surface area contributed by atoms with Gasteiger partial charge in [0.25, 0.3) is 0 Å². The van der Waals surface area contributed by atoms with E-state index in [1.165, 1.54) is 11.1 Å². The first kappa shape index (κ1) is 11.7. The van der Waals surface area contributed by atoms with E-state index in [1.54, 1.807) is 6.92 Å². The SMILES string of the molecule is CC#CCNC(=O)[C@@H]1Cc2ccccc2CN1. The fourth-order valence-electron chi connectivity index (χ4n) is 1.98. The van der Waals surface area contributed by atoms with E-state index in [1.807, 2.05) is 12.1 Å². The molecule has 0 saturated carbocycles. The van der Waals surface area contributed by atoms with Crippen LogP contribution in [-0.2, 0) is 17.8 Å². The summed E-state index contributed by atoms with van der Waals surface area (Å²) in [7, 11) is 0. The van der Waals surface area contributed by atoms with Gasteiger partial charge in [0.1, 0.15) is 0 Å². The summed E-state index contributed by atoms with van der Waals surface area (Å²) in [5.74, 6) is 5.61. The zero-order valence-corrected chi connectivity index (χ0v) is 9.92. The molecule has 2 rings (SSSR count). The number of benzene rings is 1. The number of amides is 1. The monoisotopic (exact) mass is 228 g/mol. The van der Waals surface area contributed by atoms with Crippen LogP contribution in [0.25, 0.3) is 0 Å². The number of rotatable bonds is 2. The van der Waals surface area contributed by atoms with E-state index >= 15 is 0 Å². The number of hydrogen-bond acceptors (Lipinski definition) is 2. The Morgan fingerprint density at radius 3 is 3.00 bits per heavy atom. The molecule has 2 N–H and O–H groups in total. The first-order chi connectivity index (χ1) is 8.31. The molecule has 1 aliphatic heterocycles. The lowest BCUT2D eigenvalue weighted by atomic mass is 9.95. The van der Waals surface area contributed by atoms with Gasteiger partial charge in [-0.15, -0.1) is 5.92 Å². The smallest absolute Gasteiger partial charge is 0.238 e. The maximum Gasteiger partial charge on any atom is 0.238 e. The Morgan fingerprint density at radius 2 is 2.24 bits per heavy atom. The third kappa shape index (κ3) is 2.86. The summed E-state index contributed by atoms with van der Waals surface area (Å²) >= 11 is 0. The molecule has 1 aliphatic rings. The summed E-state index contributed by atoms with van der Waals surface area (Å²) in [5, 5.41) is 6.05. The Morgan fingerprint density at radius 1 is 1.47 bits per heavy atom. The summed E-state index contributed by atoms with van der Waals surface area (Å²) in [4.78, 5) is 11.8. The Balaban J connectivity index is 1.97. The molecule has 17 heavy (non-hydrogen) atoms. The summed E-state index contributed by atoms with van der Waals surface area (Å²) in [6.45, 7) is 2.95. The van der Waals surface area contributed by atoms with Crippen molar-refractivity contribution < 1.29 is 4.79 Å². The minimum Gasteiger partial charge on any atom is -0.344 e. The molecule has 1 atom stereocenters. The van der Waals surface area contributed by atoms with Crippen LogP contribution in [0, 0.1) is 11.8 Å². The summed E-state index contributed by atoms with van der Waals surface area (Å²) in [6.07, 6.45) is 0.752. The maximum atomic E-state index is 11.8. The van der Waals surface area contributed by atoms with Crippen LogP contribution in [0.3, 0.4) is 0 Å². The second-order valence-corrected chi connectivity index (χ2v) is 4.05. The Hall–Kier alpha value is -1.79. The van der Waals surface area contributed by atoms with Crippen molar-refractivity contribution in [1.29, 1.82) is 0 Å². The molecule has 0 bridgehead atoms. The lowest BCUT2D eigenvalue weighted by molar-refractivity contribution is -0.123. The van der Waals surface area contributed by atoms with Gasteiger partial charge in [-0.05, 0) is 24.5 Å². The van der Waals surface area contributed by atoms with Crippen molar-refractivity contribution in [2.45, 2.75) is 25.9 Å². The van der Waals surface area contributed by atoms with E-state index in [4.69, 9.17) is 0 Å². The minimum absolute atomic E-state index is 0.0299. The van der Waals surface area contributed by atoms with Gasteiger partial charge >= 0.3 is 0 Å². The van der Waals surface area contributed by atoms with Crippen LogP contribution in [0.15, 0.2) is 24.3 Å². The highest BCUT2D eigenvalue weighted by Crippen LogP contribution is 2.15. The average Bonchev–Trinajstić information content (AvgIpc) is 2.38. The molecule has 3 heteroatoms. The standard InChI is InChI=1S/C14H16N2O/c1-2-3-8-15-14(17)13-9-11-6-4-5-7-12(11)10-16-13/h4-7,13,16H,8-10H2,1H3,(H,15,17)/t13-/m0/s1. The topological polar surface area (TPSA) is 41.1 Å². The lowest BCUT2D eigenvalue weighted by Crippen LogP contribution is -2.47. The first-order valence-electron chi connectivity index (χ1n) is 5.78. The third-order valence-corrected chi connectivity index (χ3v) is 2.93. The Labute approximate surface area is 102 Å². The van der Waals surface area contributed by atoms with Crippen LogP contribution in [0.4, 0.5) is 0 Å². The van der Waals surface area contributed by atoms with Crippen molar-refractivity contribution in [3.8, 4) is 11.8 Å². The van der Waals surface area contributed by atoms with Crippen molar-refractivity contribution in [2.24, 2.45) is 0 Å². The highest BCUT2D eigenvalue weighted by atomic mass is 16.2. The van der Waals surface area contributed by atoms with E-state index in [0.29, 0.717) is 6.54 Å². The highest BCUT2D eigenvalue weighted by Gasteiger charge is 2.23. The van der Waals surface area contributed by atoms with E-state index < -0.39 is 0 Å². The van der Waals surface area contributed by atoms with Gasteiger partial charge in [-0.2, -0.15) is 0 Å². The molecule has 1 aromatic carbocycles. The predicted molar refractivity (Wildman–Crippen MR) is 67.2 cm³/mol. The summed E-state index contributed by atoms with van der Waals surface area (Å²) < 4.78 is 0. The average molecular weight is 228 g/mol. The largest absolute Gasteiger partial charge is 0.344 e. The van der Waals surface area contributed by atoms with Crippen LogP contribution in [0.5, 0.6) is 0 Å². The normalized spacial score (nSPS) is 17.6. The van der Waals surface area contributed by atoms with Gasteiger partial charge in [0.15, 0.2) is 0 Å². The van der Waals surface area contributed by atoms with Crippen molar-refractivity contribution in [3.05, 3.63) is 35.4 Å². The van der Waals surface area contributed by atoms with Crippen LogP contribution in [0.1, 0.15) is 18.1 Å². The highest BCUT2D eigenvalue weighted by molar-refractivity contribution is 5.82. The van der Waals surface area contributed by atoms with Crippen LogP contribution in [0.2, 0.25) is 0 Å². The van der Waals surface area contributed by atoms with Gasteiger partial charge in [-0.3, -0.25) is 4.79 Å². The van der Waals surface area contributed by atoms with Gasteiger partial charge < -0.3 is 10.6 Å². The van der Waals surface area contributed by atoms with Crippen LogP contribution < -0.4 is 10.6 Å². The molecular weight excluding hydrogens is 212 g/mol. The van der Waals surface area contributed by atoms with E-state index in [9.17, 15) is 4.79 Å². The number of carbonyl (C=O) groups is 1. The zero-order valence-electron chi connectivity index (χ0n) is 9.92. The second kappa shape index (κ2) is 5.51. The number of fused-ring (bicyclic) bond motifs is 1. The molecule has 88 valence electrons. The molecule has 3 nitrogen and oxygen atoms in total. The number of carbonyl (C=O) groups excluding carboxylic acids is 1. The maximum absolute atomic E-state index is 11.8. The first-order valence-corrected chi connectivity index (χ1v) is 5.78. The van der Waals surface area contributed by atoms with Gasteiger partial charge in [0.2, 0.25) is 5.91 Å². The Bertz CT molecular complexity index is 471. The van der Waals surface area contributed by atoms with Crippen LogP contribution in [-0.4, -0.2) is 18.5 Å². The fourth-order valence-corrected chi connectivity index (χ4v) is 1.98. The van der Waals surface area contributed by atoms with E-state index in [0.717, 1.165) is 13.0 Å². The summed E-state index contributed by atoms with van der Waals surface area (Å²) in [5.41, 5.74) is 2.54. The summed E-state index contributed by atoms with van der Waals surface area (Å²) in [6, 6.07) is 8.09. The van der Waals surface area contributed by atoms with Crippen LogP contribution >= 0.6 is 0 Å². The molecule has 0 fully saturated rings. The molecule has 0 aliphatic carbocycles. The number of hydrogen-bond donors (Lipinski definition) is 2. The fraction of sp³-hybridized carbons (Fsp3) is 0.357. The van der Waals surface area contributed by atoms with Crippen molar-refractivity contribution in [2.75, 3.05) is 6.54 Å². The molecule has 1 aromatic rings. The van der Waals surface area contributed by atoms with Crippen molar-refractivity contribution >= 4 is 5.91 Å². The minimum atomic E-state index is -0.136. The van der Waals surface area contributed by atoms with Gasteiger partial charge in [-0.1, -0.05) is 30.2 Å². The lowest BCUT2D eigenvalue weighted by Gasteiger charge is -2.24. The second-order valence-electron chi connectivity index (χ2n) is 4.05. The van der Waals surface area contributed by atoms with Gasteiger partial charge in [0, 0.05) is 6.54 Å². The molecule has 0 unspecified atom stereocenters. The van der Waals surface area contributed by atoms with E-state index in [2.05, 4.69) is 34.6 Å². The molecule has 1 amide bonds. The van der Waals surface area contributed by atoms with E-state index in [-0.39, 0.29) is 11.9 Å². The molecular formula is C14H16N2O. The molecule has 0 saturated heterocycles. The molecule has 1 heterocycles. The van der Waals surface area contributed by atoms with Crippen molar-refractivity contribution in [3.63, 3.8) is 0 Å². The zero-order chi connectivity index (χ0) is 12.1. The Kier molecular flexibility index (Phi) is 3.79. The van der Waals surface area contributed by atoms with Crippen molar-refractivity contribution in [1.82, 2.24) is 10.6 Å². The third-order valence-electron chi connectivity index (χ3n) is 2.93. The molecule has 0 spiro atoms.